The summed E-state index contributed by atoms with van der Waals surface area (Å²) in [6, 6.07) is 22.2. The van der Waals surface area contributed by atoms with Gasteiger partial charge in [-0.25, -0.2) is 0 Å². The summed E-state index contributed by atoms with van der Waals surface area (Å²) in [7, 11) is 0. The lowest BCUT2D eigenvalue weighted by Gasteiger charge is -2.33. The Kier molecular flexibility index (Phi) is 4.52. The Labute approximate surface area is 168 Å². The second-order valence-electron chi connectivity index (χ2n) is 7.53. The van der Waals surface area contributed by atoms with Gasteiger partial charge in [-0.3, -0.25) is 9.89 Å². The van der Waals surface area contributed by atoms with Crippen LogP contribution in [0.2, 0.25) is 0 Å². The number of aromatic nitrogens is 3. The molecule has 0 aliphatic carbocycles. The van der Waals surface area contributed by atoms with Gasteiger partial charge in [0.25, 0.3) is 5.91 Å². The fourth-order valence-electron chi connectivity index (χ4n) is 4.00. The zero-order chi connectivity index (χ0) is 19.6. The summed E-state index contributed by atoms with van der Waals surface area (Å²) in [5.41, 5.74) is 3.71. The summed E-state index contributed by atoms with van der Waals surface area (Å²) in [4.78, 5) is 18.2. The van der Waals surface area contributed by atoms with Gasteiger partial charge in [-0.1, -0.05) is 48.5 Å². The molecular formula is C23H23N5O. The molecule has 0 saturated carbocycles. The quantitative estimate of drug-likeness (QED) is 0.498. The third-order valence-electron chi connectivity index (χ3n) is 5.50. The average Bonchev–Trinajstić information content (AvgIpc) is 3.42. The molecule has 3 heterocycles. The smallest absolute Gasteiger partial charge is 0.268 e. The molecule has 1 atom stereocenters. The van der Waals surface area contributed by atoms with Gasteiger partial charge >= 0.3 is 0 Å². The van der Waals surface area contributed by atoms with E-state index in [0.29, 0.717) is 5.69 Å². The third-order valence-corrected chi connectivity index (χ3v) is 5.50. The standard InChI is InChI=1S/C23H23N5O/c29-23(21-13-17-9-4-5-11-19(17)25-21)24-18-10-6-12-28(15-18)22-14-20(26-27-22)16-7-2-1-3-8-16/h1-5,7-9,11,13-14,18,25H,6,10,12,15H2,(H,24,29)(H,26,27)/t18-/m0/s1. The molecule has 5 rings (SSSR count). The van der Waals surface area contributed by atoms with Gasteiger partial charge in [0.05, 0.1) is 5.69 Å². The average molecular weight is 385 g/mol. The molecule has 1 fully saturated rings. The molecule has 1 amide bonds. The van der Waals surface area contributed by atoms with Crippen molar-refractivity contribution in [3.63, 3.8) is 0 Å². The van der Waals surface area contributed by atoms with Gasteiger partial charge in [0.2, 0.25) is 0 Å². The number of fused-ring (bicyclic) bond motifs is 1. The fraction of sp³-hybridized carbons (Fsp3) is 0.217. The number of amides is 1. The minimum Gasteiger partial charge on any atom is -0.353 e. The SMILES string of the molecule is O=C(N[C@H]1CCCN(c2cc(-c3ccccc3)[nH]n2)C1)c1cc2ccccc2[nH]1. The number of nitrogens with one attached hydrogen (secondary N) is 3. The number of rotatable bonds is 4. The van der Waals surface area contributed by atoms with Crippen LogP contribution in [0, 0.1) is 0 Å². The fourth-order valence-corrected chi connectivity index (χ4v) is 4.00. The highest BCUT2D eigenvalue weighted by Crippen LogP contribution is 2.24. The lowest BCUT2D eigenvalue weighted by molar-refractivity contribution is 0.0929. The van der Waals surface area contributed by atoms with Crippen LogP contribution in [0.25, 0.3) is 22.2 Å². The predicted molar refractivity (Wildman–Crippen MR) is 115 cm³/mol. The van der Waals surface area contributed by atoms with E-state index in [0.717, 1.165) is 53.9 Å². The molecule has 4 aromatic rings. The van der Waals surface area contributed by atoms with Crippen LogP contribution in [0.5, 0.6) is 0 Å². The maximum absolute atomic E-state index is 12.7. The minimum absolute atomic E-state index is 0.0555. The van der Waals surface area contributed by atoms with E-state index in [1.165, 1.54) is 0 Å². The van der Waals surface area contributed by atoms with Crippen LogP contribution in [-0.2, 0) is 0 Å². The maximum atomic E-state index is 12.7. The first-order chi connectivity index (χ1) is 14.3. The van der Waals surface area contributed by atoms with E-state index in [9.17, 15) is 4.79 Å². The van der Waals surface area contributed by atoms with Gasteiger partial charge in [0, 0.05) is 36.1 Å². The van der Waals surface area contributed by atoms with Crippen molar-refractivity contribution in [3.8, 4) is 11.3 Å². The first-order valence-electron chi connectivity index (χ1n) is 10.0. The van der Waals surface area contributed by atoms with Crippen LogP contribution < -0.4 is 10.2 Å². The first-order valence-corrected chi connectivity index (χ1v) is 10.0. The topological polar surface area (TPSA) is 76.8 Å². The van der Waals surface area contributed by atoms with Gasteiger partial charge in [0.1, 0.15) is 5.69 Å². The number of hydrogen-bond donors (Lipinski definition) is 3. The van der Waals surface area contributed by atoms with E-state index < -0.39 is 0 Å². The Morgan fingerprint density at radius 3 is 2.76 bits per heavy atom. The molecule has 0 bridgehead atoms. The molecule has 6 nitrogen and oxygen atoms in total. The van der Waals surface area contributed by atoms with E-state index >= 15 is 0 Å². The van der Waals surface area contributed by atoms with Gasteiger partial charge in [-0.05, 0) is 30.5 Å². The second-order valence-corrected chi connectivity index (χ2v) is 7.53. The highest BCUT2D eigenvalue weighted by atomic mass is 16.1. The lowest BCUT2D eigenvalue weighted by atomic mass is 10.1. The second kappa shape index (κ2) is 7.47. The number of carbonyl (C=O) groups excluding carboxylic acids is 1. The Morgan fingerprint density at radius 2 is 1.90 bits per heavy atom. The first kappa shape index (κ1) is 17.6. The number of benzene rings is 2. The van der Waals surface area contributed by atoms with Crippen molar-refractivity contribution < 1.29 is 4.79 Å². The molecule has 3 N–H and O–H groups in total. The number of aromatic amines is 2. The number of carbonyl (C=O) groups is 1. The Bertz CT molecular complexity index is 1100. The van der Waals surface area contributed by atoms with E-state index in [2.05, 4.69) is 43.6 Å². The molecule has 2 aromatic carbocycles. The summed E-state index contributed by atoms with van der Waals surface area (Å²) >= 11 is 0. The Balaban J connectivity index is 1.27. The van der Waals surface area contributed by atoms with Crippen LogP contribution in [0.1, 0.15) is 23.3 Å². The third kappa shape index (κ3) is 3.61. The molecule has 29 heavy (non-hydrogen) atoms. The highest BCUT2D eigenvalue weighted by Gasteiger charge is 2.24. The molecule has 1 aliphatic rings. The molecule has 1 aliphatic heterocycles. The van der Waals surface area contributed by atoms with E-state index in [1.54, 1.807) is 0 Å². The number of H-pyrrole nitrogens is 2. The van der Waals surface area contributed by atoms with Gasteiger partial charge in [-0.2, -0.15) is 5.10 Å². The van der Waals surface area contributed by atoms with Crippen molar-refractivity contribution >= 4 is 22.6 Å². The van der Waals surface area contributed by atoms with Crippen molar-refractivity contribution in [2.24, 2.45) is 0 Å². The van der Waals surface area contributed by atoms with Crippen molar-refractivity contribution in [1.82, 2.24) is 20.5 Å². The van der Waals surface area contributed by atoms with E-state index in [-0.39, 0.29) is 11.9 Å². The van der Waals surface area contributed by atoms with Crippen LogP contribution in [-0.4, -0.2) is 40.2 Å². The molecule has 2 aromatic heterocycles. The Hall–Kier alpha value is -3.54. The zero-order valence-electron chi connectivity index (χ0n) is 16.1. The van der Waals surface area contributed by atoms with E-state index in [1.807, 2.05) is 48.5 Å². The minimum atomic E-state index is -0.0555. The monoisotopic (exact) mass is 385 g/mol. The largest absolute Gasteiger partial charge is 0.353 e. The van der Waals surface area contributed by atoms with Crippen LogP contribution in [0.4, 0.5) is 5.82 Å². The summed E-state index contributed by atoms with van der Waals surface area (Å²) in [5, 5.41) is 11.9. The summed E-state index contributed by atoms with van der Waals surface area (Å²) < 4.78 is 0. The number of nitrogens with zero attached hydrogens (tertiary/aromatic N) is 2. The predicted octanol–water partition coefficient (Wildman–Crippen LogP) is 3.96. The van der Waals surface area contributed by atoms with E-state index in [4.69, 9.17) is 0 Å². The Morgan fingerprint density at radius 1 is 1.07 bits per heavy atom. The van der Waals surface area contributed by atoms with Crippen LogP contribution >= 0.6 is 0 Å². The molecule has 146 valence electrons. The molecule has 0 unspecified atom stereocenters. The number of piperidine rings is 1. The maximum Gasteiger partial charge on any atom is 0.268 e. The highest BCUT2D eigenvalue weighted by molar-refractivity contribution is 5.98. The number of hydrogen-bond acceptors (Lipinski definition) is 3. The number of anilines is 1. The van der Waals surface area contributed by atoms with Crippen molar-refractivity contribution in [2.75, 3.05) is 18.0 Å². The normalized spacial score (nSPS) is 16.8. The van der Waals surface area contributed by atoms with Crippen molar-refractivity contribution in [3.05, 3.63) is 72.4 Å². The molecule has 0 spiro atoms. The summed E-state index contributed by atoms with van der Waals surface area (Å²) in [6.07, 6.45) is 1.99. The van der Waals surface area contributed by atoms with Crippen molar-refractivity contribution in [1.29, 1.82) is 0 Å². The molecule has 1 saturated heterocycles. The summed E-state index contributed by atoms with van der Waals surface area (Å²) in [5.74, 6) is 0.869. The molecule has 0 radical (unpaired) electrons. The van der Waals surface area contributed by atoms with Gasteiger partial charge < -0.3 is 15.2 Å². The van der Waals surface area contributed by atoms with Crippen LogP contribution in [0.15, 0.2) is 66.7 Å². The molecular weight excluding hydrogens is 362 g/mol. The molecule has 6 heteroatoms. The number of para-hydroxylation sites is 1. The van der Waals surface area contributed by atoms with Crippen molar-refractivity contribution in [2.45, 2.75) is 18.9 Å². The lowest BCUT2D eigenvalue weighted by Crippen LogP contribution is -2.48. The summed E-state index contributed by atoms with van der Waals surface area (Å²) in [6.45, 7) is 1.70. The van der Waals surface area contributed by atoms with Crippen LogP contribution in [0.3, 0.4) is 0 Å². The zero-order valence-corrected chi connectivity index (χ0v) is 16.1. The van der Waals surface area contributed by atoms with Gasteiger partial charge in [-0.15, -0.1) is 0 Å². The van der Waals surface area contributed by atoms with Gasteiger partial charge in [0.15, 0.2) is 5.82 Å².